The summed E-state index contributed by atoms with van der Waals surface area (Å²) in [5.41, 5.74) is 2.47. The van der Waals surface area contributed by atoms with Crippen LogP contribution in [0.25, 0.3) is 0 Å². The Bertz CT molecular complexity index is 524. The second kappa shape index (κ2) is 7.27. The van der Waals surface area contributed by atoms with E-state index in [0.717, 1.165) is 28.5 Å². The molecule has 2 nitrogen and oxygen atoms in total. The molecular weight excluding hydrogens is 370 g/mol. The van der Waals surface area contributed by atoms with E-state index >= 15 is 0 Å². The fourth-order valence-corrected chi connectivity index (χ4v) is 3.01. The van der Waals surface area contributed by atoms with E-state index in [1.807, 2.05) is 12.1 Å². The summed E-state index contributed by atoms with van der Waals surface area (Å²) in [5.74, 6) is 0. The Morgan fingerprint density at radius 1 is 1.21 bits per heavy atom. The van der Waals surface area contributed by atoms with Gasteiger partial charge in [0.15, 0.2) is 4.67 Å². The molecule has 1 aromatic carbocycles. The maximum Gasteiger partial charge on any atom is 0.173 e. The van der Waals surface area contributed by atoms with E-state index in [4.69, 9.17) is 4.42 Å². The number of hydrogen-bond acceptors (Lipinski definition) is 2. The lowest BCUT2D eigenvalue weighted by atomic mass is 10.0. The van der Waals surface area contributed by atoms with Crippen LogP contribution < -0.4 is 5.32 Å². The zero-order valence-corrected chi connectivity index (χ0v) is 14.0. The van der Waals surface area contributed by atoms with Gasteiger partial charge < -0.3 is 9.73 Å². The van der Waals surface area contributed by atoms with Crippen molar-refractivity contribution in [3.63, 3.8) is 0 Å². The van der Waals surface area contributed by atoms with Crippen LogP contribution in [0.15, 0.2) is 50.2 Å². The molecule has 0 aliphatic rings. The van der Waals surface area contributed by atoms with E-state index in [0.29, 0.717) is 0 Å². The van der Waals surface area contributed by atoms with E-state index in [1.165, 1.54) is 11.1 Å². The highest BCUT2D eigenvalue weighted by molar-refractivity contribution is 9.10. The summed E-state index contributed by atoms with van der Waals surface area (Å²) < 4.78 is 7.32. The summed E-state index contributed by atoms with van der Waals surface area (Å²) in [7, 11) is 0. The van der Waals surface area contributed by atoms with Crippen LogP contribution in [0.4, 0.5) is 0 Å². The summed E-state index contributed by atoms with van der Waals surface area (Å²) in [4.78, 5) is 0. The molecule has 1 heterocycles. The molecule has 1 unspecified atom stereocenters. The average Bonchev–Trinajstić information content (AvgIpc) is 2.83. The molecular formula is C15H17Br2NO. The minimum absolute atomic E-state index is 0.256. The number of halogens is 2. The number of benzene rings is 1. The van der Waals surface area contributed by atoms with Gasteiger partial charge in [0.25, 0.3) is 0 Å². The van der Waals surface area contributed by atoms with E-state index in [-0.39, 0.29) is 6.04 Å². The van der Waals surface area contributed by atoms with Crippen molar-refractivity contribution in [2.45, 2.75) is 25.8 Å². The van der Waals surface area contributed by atoms with Crippen molar-refractivity contribution in [1.82, 2.24) is 5.32 Å². The third-order valence-corrected chi connectivity index (χ3v) is 4.46. The first-order valence-electron chi connectivity index (χ1n) is 6.42. The normalized spacial score (nSPS) is 12.6. The average molecular weight is 387 g/mol. The third kappa shape index (κ3) is 3.94. The number of rotatable bonds is 6. The smallest absolute Gasteiger partial charge is 0.173 e. The summed E-state index contributed by atoms with van der Waals surface area (Å²) in [6.07, 6.45) is 3.77. The molecule has 0 aliphatic heterocycles. The molecule has 1 aromatic heterocycles. The molecule has 0 aliphatic carbocycles. The molecule has 4 heteroatoms. The topological polar surface area (TPSA) is 25.2 Å². The highest BCUT2D eigenvalue weighted by atomic mass is 79.9. The Morgan fingerprint density at radius 2 is 2.00 bits per heavy atom. The summed E-state index contributed by atoms with van der Waals surface area (Å²) in [6.45, 7) is 3.17. The van der Waals surface area contributed by atoms with Crippen LogP contribution in [-0.4, -0.2) is 6.54 Å². The Labute approximate surface area is 130 Å². The first-order valence-corrected chi connectivity index (χ1v) is 8.00. The SMILES string of the molecule is CCCNC(Cc1ccccc1Br)c1ccoc1Br. The first kappa shape index (κ1) is 14.8. The van der Waals surface area contributed by atoms with Crippen LogP contribution in [0, 0.1) is 0 Å². The lowest BCUT2D eigenvalue weighted by Gasteiger charge is -2.18. The molecule has 2 aromatic rings. The van der Waals surface area contributed by atoms with Crippen molar-refractivity contribution in [2.24, 2.45) is 0 Å². The van der Waals surface area contributed by atoms with E-state index in [1.54, 1.807) is 6.26 Å². The van der Waals surface area contributed by atoms with Crippen molar-refractivity contribution >= 4 is 31.9 Å². The van der Waals surface area contributed by atoms with Crippen molar-refractivity contribution in [1.29, 1.82) is 0 Å². The van der Waals surface area contributed by atoms with Gasteiger partial charge in [0, 0.05) is 16.1 Å². The first-order chi connectivity index (χ1) is 9.22. The fourth-order valence-electron chi connectivity index (χ4n) is 2.05. The zero-order chi connectivity index (χ0) is 13.7. The van der Waals surface area contributed by atoms with Gasteiger partial charge in [-0.3, -0.25) is 0 Å². The minimum atomic E-state index is 0.256. The van der Waals surface area contributed by atoms with Crippen LogP contribution >= 0.6 is 31.9 Å². The molecule has 0 radical (unpaired) electrons. The van der Waals surface area contributed by atoms with Crippen molar-refractivity contribution < 1.29 is 4.42 Å². The summed E-state index contributed by atoms with van der Waals surface area (Å²) in [6, 6.07) is 10.6. The number of furan rings is 1. The maximum absolute atomic E-state index is 5.36. The maximum atomic E-state index is 5.36. The Morgan fingerprint density at radius 3 is 2.63 bits per heavy atom. The molecule has 2 rings (SSSR count). The number of hydrogen-bond donors (Lipinski definition) is 1. The van der Waals surface area contributed by atoms with Gasteiger partial charge in [0.05, 0.1) is 6.26 Å². The Balaban J connectivity index is 2.19. The second-order valence-electron chi connectivity index (χ2n) is 4.45. The van der Waals surface area contributed by atoms with Gasteiger partial charge in [-0.05, 0) is 53.0 Å². The highest BCUT2D eigenvalue weighted by Gasteiger charge is 2.17. The van der Waals surface area contributed by atoms with Crippen LogP contribution in [0.2, 0.25) is 0 Å². The summed E-state index contributed by atoms with van der Waals surface area (Å²) >= 11 is 7.08. The van der Waals surface area contributed by atoms with Gasteiger partial charge in [-0.15, -0.1) is 0 Å². The molecule has 0 saturated heterocycles. The highest BCUT2D eigenvalue weighted by Crippen LogP contribution is 2.29. The van der Waals surface area contributed by atoms with Crippen LogP contribution in [0.5, 0.6) is 0 Å². The van der Waals surface area contributed by atoms with Crippen LogP contribution in [-0.2, 0) is 6.42 Å². The summed E-state index contributed by atoms with van der Waals surface area (Å²) in [5, 5.41) is 3.58. The van der Waals surface area contributed by atoms with Crippen molar-refractivity contribution in [3.8, 4) is 0 Å². The minimum Gasteiger partial charge on any atom is -0.457 e. The van der Waals surface area contributed by atoms with Gasteiger partial charge in [-0.1, -0.05) is 41.1 Å². The third-order valence-electron chi connectivity index (χ3n) is 3.04. The van der Waals surface area contributed by atoms with Crippen molar-refractivity contribution in [2.75, 3.05) is 6.54 Å². The molecule has 0 bridgehead atoms. The second-order valence-corrected chi connectivity index (χ2v) is 6.03. The molecule has 102 valence electrons. The molecule has 0 saturated carbocycles. The molecule has 1 atom stereocenters. The molecule has 0 spiro atoms. The molecule has 1 N–H and O–H groups in total. The number of nitrogens with one attached hydrogen (secondary N) is 1. The van der Waals surface area contributed by atoms with Gasteiger partial charge in [-0.25, -0.2) is 0 Å². The predicted octanol–water partition coefficient (Wildman–Crippen LogP) is 5.09. The predicted molar refractivity (Wildman–Crippen MR) is 85.3 cm³/mol. The van der Waals surface area contributed by atoms with Crippen LogP contribution in [0.1, 0.15) is 30.5 Å². The Hall–Kier alpha value is -0.580. The lowest BCUT2D eigenvalue weighted by Crippen LogP contribution is -2.24. The van der Waals surface area contributed by atoms with E-state index < -0.39 is 0 Å². The van der Waals surface area contributed by atoms with Crippen LogP contribution in [0.3, 0.4) is 0 Å². The van der Waals surface area contributed by atoms with Crippen molar-refractivity contribution in [3.05, 3.63) is 56.9 Å². The van der Waals surface area contributed by atoms with Gasteiger partial charge >= 0.3 is 0 Å². The van der Waals surface area contributed by atoms with E-state index in [9.17, 15) is 0 Å². The lowest BCUT2D eigenvalue weighted by molar-refractivity contribution is 0.497. The monoisotopic (exact) mass is 385 g/mol. The molecule has 0 fully saturated rings. The Kier molecular flexibility index (Phi) is 5.67. The van der Waals surface area contributed by atoms with Gasteiger partial charge in [-0.2, -0.15) is 0 Å². The largest absolute Gasteiger partial charge is 0.457 e. The fraction of sp³-hybridized carbons (Fsp3) is 0.333. The molecule has 19 heavy (non-hydrogen) atoms. The zero-order valence-electron chi connectivity index (χ0n) is 10.8. The quantitative estimate of drug-likeness (QED) is 0.747. The van der Waals surface area contributed by atoms with Gasteiger partial charge in [0.2, 0.25) is 0 Å². The standard InChI is InChI=1S/C15H17Br2NO/c1-2-8-18-14(12-7-9-19-15(12)17)10-11-5-3-4-6-13(11)16/h3-7,9,14,18H,2,8,10H2,1H3. The van der Waals surface area contributed by atoms with E-state index in [2.05, 4.69) is 62.3 Å². The van der Waals surface area contributed by atoms with Gasteiger partial charge in [0.1, 0.15) is 0 Å². The molecule has 0 amide bonds.